The SMILES string of the molecule is COc1ccc(N2CC(C)OC2C=O)cc1. The Morgan fingerprint density at radius 2 is 2.12 bits per heavy atom. The van der Waals surface area contributed by atoms with E-state index in [9.17, 15) is 4.79 Å². The lowest BCUT2D eigenvalue weighted by Crippen LogP contribution is -2.31. The molecule has 0 bridgehead atoms. The topological polar surface area (TPSA) is 38.8 Å². The second-order valence-electron chi connectivity index (χ2n) is 3.82. The van der Waals surface area contributed by atoms with E-state index in [1.54, 1.807) is 7.11 Å². The zero-order valence-electron chi connectivity index (χ0n) is 9.42. The van der Waals surface area contributed by atoms with Crippen LogP contribution in [-0.2, 0) is 9.53 Å². The third-order valence-electron chi connectivity index (χ3n) is 2.65. The maximum Gasteiger partial charge on any atom is 0.187 e. The predicted molar refractivity (Wildman–Crippen MR) is 60.7 cm³/mol. The van der Waals surface area contributed by atoms with Gasteiger partial charge in [0.15, 0.2) is 12.5 Å². The molecule has 1 aliphatic rings. The van der Waals surface area contributed by atoms with Gasteiger partial charge in [0.05, 0.1) is 13.2 Å². The molecule has 1 aromatic carbocycles. The van der Waals surface area contributed by atoms with E-state index >= 15 is 0 Å². The van der Waals surface area contributed by atoms with Gasteiger partial charge >= 0.3 is 0 Å². The largest absolute Gasteiger partial charge is 0.497 e. The molecule has 0 saturated carbocycles. The molecule has 1 saturated heterocycles. The number of aldehydes is 1. The minimum atomic E-state index is -0.469. The van der Waals surface area contributed by atoms with E-state index in [0.717, 1.165) is 24.3 Å². The fourth-order valence-corrected chi connectivity index (χ4v) is 1.87. The highest BCUT2D eigenvalue weighted by atomic mass is 16.5. The highest BCUT2D eigenvalue weighted by molar-refractivity contribution is 5.65. The van der Waals surface area contributed by atoms with Gasteiger partial charge in [-0.15, -0.1) is 0 Å². The molecule has 16 heavy (non-hydrogen) atoms. The summed E-state index contributed by atoms with van der Waals surface area (Å²) in [7, 11) is 1.63. The standard InChI is InChI=1S/C12H15NO3/c1-9-7-13(12(8-14)16-9)10-3-5-11(15-2)6-4-10/h3-6,8-9,12H,7H2,1-2H3. The minimum absolute atomic E-state index is 0.0808. The van der Waals surface area contributed by atoms with Crippen LogP contribution in [0, 0.1) is 0 Å². The van der Waals surface area contributed by atoms with Crippen molar-refractivity contribution < 1.29 is 14.3 Å². The molecule has 0 aromatic heterocycles. The Balaban J connectivity index is 2.19. The zero-order valence-corrected chi connectivity index (χ0v) is 9.42. The van der Waals surface area contributed by atoms with E-state index in [1.165, 1.54) is 0 Å². The maximum atomic E-state index is 10.9. The van der Waals surface area contributed by atoms with Gasteiger partial charge in [0.25, 0.3) is 0 Å². The lowest BCUT2D eigenvalue weighted by Gasteiger charge is -2.20. The summed E-state index contributed by atoms with van der Waals surface area (Å²) in [6, 6.07) is 7.60. The summed E-state index contributed by atoms with van der Waals surface area (Å²) in [5.74, 6) is 0.805. The monoisotopic (exact) mass is 221 g/mol. The van der Waals surface area contributed by atoms with Crippen LogP contribution in [0.5, 0.6) is 5.75 Å². The Kier molecular flexibility index (Phi) is 3.10. The zero-order chi connectivity index (χ0) is 11.5. The molecule has 0 N–H and O–H groups in total. The van der Waals surface area contributed by atoms with Crippen molar-refractivity contribution in [3.05, 3.63) is 24.3 Å². The van der Waals surface area contributed by atoms with Crippen LogP contribution < -0.4 is 9.64 Å². The number of carbonyl (C=O) groups is 1. The van der Waals surface area contributed by atoms with Crippen LogP contribution in [0.1, 0.15) is 6.92 Å². The van der Waals surface area contributed by atoms with E-state index in [4.69, 9.17) is 9.47 Å². The fourth-order valence-electron chi connectivity index (χ4n) is 1.87. The Bertz CT molecular complexity index is 363. The molecular weight excluding hydrogens is 206 g/mol. The van der Waals surface area contributed by atoms with Crippen LogP contribution in [0.15, 0.2) is 24.3 Å². The van der Waals surface area contributed by atoms with Gasteiger partial charge in [-0.3, -0.25) is 4.79 Å². The van der Waals surface area contributed by atoms with E-state index in [0.29, 0.717) is 0 Å². The second-order valence-corrected chi connectivity index (χ2v) is 3.82. The van der Waals surface area contributed by atoms with Crippen molar-refractivity contribution in [1.82, 2.24) is 0 Å². The molecule has 4 heteroatoms. The van der Waals surface area contributed by atoms with Crippen molar-refractivity contribution in [3.63, 3.8) is 0 Å². The summed E-state index contributed by atoms with van der Waals surface area (Å²) < 4.78 is 10.5. The molecule has 1 aliphatic heterocycles. The third-order valence-corrected chi connectivity index (χ3v) is 2.65. The fraction of sp³-hybridized carbons (Fsp3) is 0.417. The molecule has 0 spiro atoms. The normalized spacial score (nSPS) is 24.5. The first kappa shape index (κ1) is 11.0. The molecule has 1 fully saturated rings. The van der Waals surface area contributed by atoms with Gasteiger partial charge < -0.3 is 14.4 Å². The summed E-state index contributed by atoms with van der Waals surface area (Å²) in [4.78, 5) is 12.8. The number of benzene rings is 1. The van der Waals surface area contributed by atoms with Gasteiger partial charge in [0, 0.05) is 12.2 Å². The number of hydrogen-bond donors (Lipinski definition) is 0. The number of methoxy groups -OCH3 is 1. The van der Waals surface area contributed by atoms with Crippen LogP contribution in [0.25, 0.3) is 0 Å². The molecule has 2 atom stereocenters. The highest BCUT2D eigenvalue weighted by Gasteiger charge is 2.29. The summed E-state index contributed by atoms with van der Waals surface area (Å²) in [5.41, 5.74) is 0.974. The van der Waals surface area contributed by atoms with Gasteiger partial charge in [-0.2, -0.15) is 0 Å². The number of hydrogen-bond acceptors (Lipinski definition) is 4. The van der Waals surface area contributed by atoms with Gasteiger partial charge in [-0.25, -0.2) is 0 Å². The molecule has 1 heterocycles. The van der Waals surface area contributed by atoms with Crippen molar-refractivity contribution in [3.8, 4) is 5.75 Å². The molecule has 86 valence electrons. The van der Waals surface area contributed by atoms with E-state index in [1.807, 2.05) is 36.1 Å². The molecular formula is C12H15NO3. The lowest BCUT2D eigenvalue weighted by molar-refractivity contribution is -0.116. The van der Waals surface area contributed by atoms with Gasteiger partial charge in [0.1, 0.15) is 5.75 Å². The summed E-state index contributed by atoms with van der Waals surface area (Å²) in [6.45, 7) is 2.69. The van der Waals surface area contributed by atoms with Crippen molar-refractivity contribution in [2.24, 2.45) is 0 Å². The quantitative estimate of drug-likeness (QED) is 0.724. The Hall–Kier alpha value is -1.55. The van der Waals surface area contributed by atoms with Crippen LogP contribution in [0.4, 0.5) is 5.69 Å². The predicted octanol–water partition coefficient (Wildman–Crippen LogP) is 1.45. The number of ether oxygens (including phenoxy) is 2. The van der Waals surface area contributed by atoms with Crippen LogP contribution >= 0.6 is 0 Å². The van der Waals surface area contributed by atoms with Crippen molar-refractivity contribution in [1.29, 1.82) is 0 Å². The number of rotatable bonds is 3. The maximum absolute atomic E-state index is 10.9. The lowest BCUT2D eigenvalue weighted by atomic mass is 10.2. The van der Waals surface area contributed by atoms with E-state index in [2.05, 4.69) is 0 Å². The first-order chi connectivity index (χ1) is 7.74. The number of nitrogens with zero attached hydrogens (tertiary/aromatic N) is 1. The molecule has 0 aliphatic carbocycles. The molecule has 4 nitrogen and oxygen atoms in total. The molecule has 2 unspecified atom stereocenters. The smallest absolute Gasteiger partial charge is 0.187 e. The van der Waals surface area contributed by atoms with Gasteiger partial charge in [-0.05, 0) is 31.2 Å². The van der Waals surface area contributed by atoms with E-state index in [-0.39, 0.29) is 6.10 Å². The van der Waals surface area contributed by atoms with E-state index < -0.39 is 6.23 Å². The second kappa shape index (κ2) is 4.53. The Labute approximate surface area is 94.8 Å². The number of carbonyl (C=O) groups excluding carboxylic acids is 1. The summed E-state index contributed by atoms with van der Waals surface area (Å²) in [6.07, 6.45) is 0.439. The highest BCUT2D eigenvalue weighted by Crippen LogP contribution is 2.25. The van der Waals surface area contributed by atoms with Crippen LogP contribution in [0.3, 0.4) is 0 Å². The minimum Gasteiger partial charge on any atom is -0.497 e. The molecule has 1 aromatic rings. The van der Waals surface area contributed by atoms with Crippen LogP contribution in [0.2, 0.25) is 0 Å². The van der Waals surface area contributed by atoms with Crippen molar-refractivity contribution >= 4 is 12.0 Å². The molecule has 0 amide bonds. The van der Waals surface area contributed by atoms with Gasteiger partial charge in [0.2, 0.25) is 0 Å². The first-order valence-corrected chi connectivity index (χ1v) is 5.26. The van der Waals surface area contributed by atoms with Crippen molar-refractivity contribution in [2.45, 2.75) is 19.3 Å². The Morgan fingerprint density at radius 3 is 2.69 bits per heavy atom. The van der Waals surface area contributed by atoms with Crippen LogP contribution in [-0.4, -0.2) is 32.3 Å². The molecule has 0 radical (unpaired) electrons. The number of anilines is 1. The molecule has 2 rings (SSSR count). The van der Waals surface area contributed by atoms with Crippen molar-refractivity contribution in [2.75, 3.05) is 18.6 Å². The van der Waals surface area contributed by atoms with Gasteiger partial charge in [-0.1, -0.05) is 0 Å². The average molecular weight is 221 g/mol. The third kappa shape index (κ3) is 2.02. The summed E-state index contributed by atoms with van der Waals surface area (Å²) in [5, 5.41) is 0. The first-order valence-electron chi connectivity index (χ1n) is 5.26. The summed E-state index contributed by atoms with van der Waals surface area (Å²) >= 11 is 0. The Morgan fingerprint density at radius 1 is 1.44 bits per heavy atom. The average Bonchev–Trinajstić information content (AvgIpc) is 2.70.